The molecule has 1 aromatic carbocycles. The molecule has 134 valence electrons. The average molecular weight is 362 g/mol. The normalized spacial score (nSPS) is 17.8. The number of carbonyl (C=O) groups excluding carboxylic acids is 1. The number of ether oxygens (including phenoxy) is 1. The van der Waals surface area contributed by atoms with Crippen molar-refractivity contribution in [1.82, 2.24) is 14.7 Å². The summed E-state index contributed by atoms with van der Waals surface area (Å²) in [7, 11) is 0. The molecule has 1 atom stereocenters. The molecule has 0 spiro atoms. The number of halogens is 1. The number of likely N-dealkylation sites (tertiary alicyclic amines) is 1. The first kappa shape index (κ1) is 17.8. The zero-order chi connectivity index (χ0) is 18.0. The van der Waals surface area contributed by atoms with E-state index in [0.717, 1.165) is 30.6 Å². The van der Waals surface area contributed by atoms with Crippen molar-refractivity contribution in [2.24, 2.45) is 0 Å². The maximum atomic E-state index is 12.4. The fourth-order valence-corrected chi connectivity index (χ4v) is 3.17. The lowest BCUT2D eigenvalue weighted by atomic mass is 10.2. The van der Waals surface area contributed by atoms with E-state index in [0.29, 0.717) is 11.6 Å². The lowest BCUT2D eigenvalue weighted by Crippen LogP contribution is -2.41. The van der Waals surface area contributed by atoms with Crippen molar-refractivity contribution in [3.63, 3.8) is 0 Å². The van der Waals surface area contributed by atoms with Crippen LogP contribution in [-0.4, -0.2) is 39.0 Å². The van der Waals surface area contributed by atoms with Crippen LogP contribution in [-0.2, 0) is 11.3 Å². The van der Waals surface area contributed by atoms with Gasteiger partial charge in [0.25, 0.3) is 0 Å². The van der Waals surface area contributed by atoms with Gasteiger partial charge in [-0.15, -0.1) is 0 Å². The van der Waals surface area contributed by atoms with E-state index in [1.165, 1.54) is 0 Å². The molecule has 5 nitrogen and oxygen atoms in total. The van der Waals surface area contributed by atoms with Crippen molar-refractivity contribution in [1.29, 1.82) is 0 Å². The van der Waals surface area contributed by atoms with E-state index in [9.17, 15) is 4.79 Å². The van der Waals surface area contributed by atoms with Crippen LogP contribution < -0.4 is 0 Å². The van der Waals surface area contributed by atoms with Crippen LogP contribution in [0.3, 0.4) is 0 Å². The first-order chi connectivity index (χ1) is 11.8. The number of rotatable bonds is 3. The first-order valence-electron chi connectivity index (χ1n) is 8.61. The number of benzene rings is 1. The monoisotopic (exact) mass is 361 g/mol. The summed E-state index contributed by atoms with van der Waals surface area (Å²) in [6.07, 6.45) is 3.68. The lowest BCUT2D eigenvalue weighted by Gasteiger charge is -2.28. The molecule has 6 heteroatoms. The Balaban J connectivity index is 1.67. The quantitative estimate of drug-likeness (QED) is 0.802. The molecule has 0 aliphatic carbocycles. The van der Waals surface area contributed by atoms with E-state index in [2.05, 4.69) is 5.10 Å². The molecule has 0 N–H and O–H groups in total. The summed E-state index contributed by atoms with van der Waals surface area (Å²) in [5.41, 5.74) is 1.45. The van der Waals surface area contributed by atoms with Gasteiger partial charge in [-0.2, -0.15) is 5.10 Å². The van der Waals surface area contributed by atoms with Crippen LogP contribution in [0.25, 0.3) is 11.3 Å². The highest BCUT2D eigenvalue weighted by atomic mass is 35.5. The SMILES string of the molecule is CC(C)(C)OC(=O)N1CCC[C@H]1Cn1ccc(-c2ccc(Cl)cc2)n1. The topological polar surface area (TPSA) is 47.4 Å². The van der Waals surface area contributed by atoms with E-state index in [-0.39, 0.29) is 12.1 Å². The Morgan fingerprint density at radius 2 is 2.00 bits per heavy atom. The van der Waals surface area contributed by atoms with Gasteiger partial charge in [-0.25, -0.2) is 4.79 Å². The number of hydrogen-bond donors (Lipinski definition) is 0. The van der Waals surface area contributed by atoms with Crippen LogP contribution in [0.1, 0.15) is 33.6 Å². The summed E-state index contributed by atoms with van der Waals surface area (Å²) in [4.78, 5) is 14.2. The van der Waals surface area contributed by atoms with E-state index >= 15 is 0 Å². The second-order valence-electron chi connectivity index (χ2n) is 7.40. The third-order valence-corrected chi connectivity index (χ3v) is 4.44. The molecule has 1 aliphatic heterocycles. The molecule has 25 heavy (non-hydrogen) atoms. The molecule has 1 aliphatic rings. The minimum absolute atomic E-state index is 0.118. The minimum atomic E-state index is -0.475. The summed E-state index contributed by atoms with van der Waals surface area (Å²) in [6.45, 7) is 7.09. The lowest BCUT2D eigenvalue weighted by molar-refractivity contribution is 0.0212. The highest BCUT2D eigenvalue weighted by Gasteiger charge is 2.32. The molecule has 0 saturated carbocycles. The Morgan fingerprint density at radius 3 is 2.68 bits per heavy atom. The summed E-state index contributed by atoms with van der Waals surface area (Å²) in [5.74, 6) is 0. The minimum Gasteiger partial charge on any atom is -0.444 e. The van der Waals surface area contributed by atoms with Gasteiger partial charge < -0.3 is 9.64 Å². The number of nitrogens with zero attached hydrogens (tertiary/aromatic N) is 3. The average Bonchev–Trinajstić information content (AvgIpc) is 3.16. The maximum absolute atomic E-state index is 12.4. The molecule has 1 amide bonds. The Bertz CT molecular complexity index is 734. The maximum Gasteiger partial charge on any atom is 0.410 e. The third-order valence-electron chi connectivity index (χ3n) is 4.18. The van der Waals surface area contributed by atoms with Crippen molar-refractivity contribution < 1.29 is 9.53 Å². The fraction of sp³-hybridized carbons (Fsp3) is 0.474. The van der Waals surface area contributed by atoms with E-state index in [4.69, 9.17) is 16.3 Å². The second-order valence-corrected chi connectivity index (χ2v) is 7.84. The van der Waals surface area contributed by atoms with Gasteiger partial charge in [0, 0.05) is 23.3 Å². The largest absolute Gasteiger partial charge is 0.444 e. The smallest absolute Gasteiger partial charge is 0.410 e. The van der Waals surface area contributed by atoms with Crippen molar-refractivity contribution in [3.8, 4) is 11.3 Å². The molecule has 0 unspecified atom stereocenters. The highest BCUT2D eigenvalue weighted by molar-refractivity contribution is 6.30. The molecule has 0 radical (unpaired) electrons. The predicted octanol–water partition coefficient (Wildman–Crippen LogP) is 4.60. The third kappa shape index (κ3) is 4.54. The van der Waals surface area contributed by atoms with Gasteiger partial charge in [-0.1, -0.05) is 23.7 Å². The molecule has 2 heterocycles. The molecule has 1 saturated heterocycles. The van der Waals surface area contributed by atoms with Gasteiger partial charge in [0.2, 0.25) is 0 Å². The zero-order valence-corrected chi connectivity index (χ0v) is 15.7. The Labute approximate surface area is 153 Å². The number of aromatic nitrogens is 2. The number of carbonyl (C=O) groups is 1. The van der Waals surface area contributed by atoms with Crippen molar-refractivity contribution >= 4 is 17.7 Å². The Morgan fingerprint density at radius 1 is 1.28 bits per heavy atom. The summed E-state index contributed by atoms with van der Waals surface area (Å²) in [5, 5.41) is 5.35. The standard InChI is InChI=1S/C19H24ClN3O2/c1-19(2,3)25-18(24)23-11-4-5-16(23)13-22-12-10-17(21-22)14-6-8-15(20)9-7-14/h6-10,12,16H,4-5,11,13H2,1-3H3/t16-/m0/s1. The van der Waals surface area contributed by atoms with Crippen LogP contribution >= 0.6 is 11.6 Å². The summed E-state index contributed by atoms with van der Waals surface area (Å²) >= 11 is 5.93. The van der Waals surface area contributed by atoms with Gasteiger partial charge in [-0.3, -0.25) is 4.68 Å². The van der Waals surface area contributed by atoms with Crippen molar-refractivity contribution in [2.45, 2.75) is 51.8 Å². The van der Waals surface area contributed by atoms with Crippen molar-refractivity contribution in [3.05, 3.63) is 41.6 Å². The fourth-order valence-electron chi connectivity index (χ4n) is 3.04. The van der Waals surface area contributed by atoms with Crippen LogP contribution in [0.4, 0.5) is 4.79 Å². The number of amides is 1. The number of hydrogen-bond acceptors (Lipinski definition) is 3. The van der Waals surface area contributed by atoms with Crippen LogP contribution in [0.2, 0.25) is 5.02 Å². The van der Waals surface area contributed by atoms with Crippen LogP contribution in [0, 0.1) is 0 Å². The van der Waals surface area contributed by atoms with Crippen LogP contribution in [0.5, 0.6) is 0 Å². The summed E-state index contributed by atoms with van der Waals surface area (Å²) < 4.78 is 7.42. The molecule has 0 bridgehead atoms. The second kappa shape index (κ2) is 7.08. The molecular weight excluding hydrogens is 338 g/mol. The van der Waals surface area contributed by atoms with Crippen LogP contribution in [0.15, 0.2) is 36.5 Å². The molecule has 2 aromatic rings. The zero-order valence-electron chi connectivity index (χ0n) is 14.9. The Kier molecular flexibility index (Phi) is 5.04. The predicted molar refractivity (Wildman–Crippen MR) is 98.6 cm³/mol. The van der Waals surface area contributed by atoms with E-state index < -0.39 is 5.60 Å². The van der Waals surface area contributed by atoms with E-state index in [1.807, 2.05) is 66.9 Å². The van der Waals surface area contributed by atoms with Crippen molar-refractivity contribution in [2.75, 3.05) is 6.54 Å². The molecule has 3 rings (SSSR count). The summed E-state index contributed by atoms with van der Waals surface area (Å²) in [6, 6.07) is 9.73. The molecular formula is C19H24ClN3O2. The van der Waals surface area contributed by atoms with Gasteiger partial charge in [-0.05, 0) is 51.8 Å². The van der Waals surface area contributed by atoms with Gasteiger partial charge >= 0.3 is 6.09 Å². The first-order valence-corrected chi connectivity index (χ1v) is 8.99. The van der Waals surface area contributed by atoms with E-state index in [1.54, 1.807) is 0 Å². The highest BCUT2D eigenvalue weighted by Crippen LogP contribution is 2.23. The van der Waals surface area contributed by atoms with Gasteiger partial charge in [0.05, 0.1) is 18.3 Å². The van der Waals surface area contributed by atoms with Gasteiger partial charge in [0.1, 0.15) is 5.60 Å². The molecule has 1 aromatic heterocycles. The Hall–Kier alpha value is -2.01. The molecule has 1 fully saturated rings. The van der Waals surface area contributed by atoms with Gasteiger partial charge in [0.15, 0.2) is 0 Å².